The number of aryl methyl sites for hydroxylation is 1. The van der Waals surface area contributed by atoms with Gasteiger partial charge in [-0.1, -0.05) is 91.5 Å². The van der Waals surface area contributed by atoms with Gasteiger partial charge in [0.2, 0.25) is 0 Å². The van der Waals surface area contributed by atoms with Crippen molar-refractivity contribution in [2.45, 2.75) is 19.8 Å². The molecule has 0 amide bonds. The number of allylic oxidation sites excluding steroid dienone is 6. The monoisotopic (exact) mass is 389 g/mol. The van der Waals surface area contributed by atoms with Gasteiger partial charge >= 0.3 is 0 Å². The Labute approximate surface area is 179 Å². The summed E-state index contributed by atoms with van der Waals surface area (Å²) >= 11 is 0. The number of benzene rings is 3. The van der Waals surface area contributed by atoms with Crippen molar-refractivity contribution in [3.8, 4) is 0 Å². The summed E-state index contributed by atoms with van der Waals surface area (Å²) in [5.74, 6) is 0. The molecule has 4 rings (SSSR count). The van der Waals surface area contributed by atoms with E-state index >= 15 is 0 Å². The summed E-state index contributed by atoms with van der Waals surface area (Å²) in [6.45, 7) is 6.10. The number of hydrogen-bond acceptors (Lipinski definition) is 1. The second-order valence-electron chi connectivity index (χ2n) is 7.64. The molecule has 1 heteroatoms. The van der Waals surface area contributed by atoms with Gasteiger partial charge in [0.1, 0.15) is 0 Å². The van der Waals surface area contributed by atoms with Gasteiger partial charge in [0.05, 0.1) is 0 Å². The zero-order valence-electron chi connectivity index (χ0n) is 17.4. The van der Waals surface area contributed by atoms with E-state index in [0.29, 0.717) is 0 Å². The summed E-state index contributed by atoms with van der Waals surface area (Å²) in [6, 6.07) is 27.6. The first kappa shape index (κ1) is 19.7. The van der Waals surface area contributed by atoms with Gasteiger partial charge in [0.15, 0.2) is 0 Å². The van der Waals surface area contributed by atoms with E-state index in [-0.39, 0.29) is 0 Å². The first-order valence-electron chi connectivity index (χ1n) is 10.4. The lowest BCUT2D eigenvalue weighted by molar-refractivity contribution is 0.965. The van der Waals surface area contributed by atoms with Crippen LogP contribution in [0.15, 0.2) is 115 Å². The third-order valence-corrected chi connectivity index (χ3v) is 5.73. The lowest BCUT2D eigenvalue weighted by atomic mass is 9.84. The molecule has 0 atom stereocenters. The SMILES string of the molecule is C=C/C=C\C1=C(C)C(=C(\c2ccccc2)c2cccc(N)c2)/c2ccccc2CC1. The minimum absolute atomic E-state index is 0.775. The Kier molecular flexibility index (Phi) is 5.81. The van der Waals surface area contributed by atoms with Crippen LogP contribution in [0.5, 0.6) is 0 Å². The number of rotatable bonds is 4. The topological polar surface area (TPSA) is 26.0 Å². The fourth-order valence-electron chi connectivity index (χ4n) is 4.27. The van der Waals surface area contributed by atoms with Gasteiger partial charge in [-0.15, -0.1) is 0 Å². The maximum Gasteiger partial charge on any atom is 0.0320 e. The van der Waals surface area contributed by atoms with Gasteiger partial charge < -0.3 is 5.73 Å². The highest BCUT2D eigenvalue weighted by Crippen LogP contribution is 2.42. The summed E-state index contributed by atoms with van der Waals surface area (Å²) in [6.07, 6.45) is 8.12. The molecule has 2 N–H and O–H groups in total. The molecule has 0 aromatic heterocycles. The van der Waals surface area contributed by atoms with Crippen LogP contribution in [0, 0.1) is 0 Å². The molecule has 0 saturated carbocycles. The average Bonchev–Trinajstić information content (AvgIpc) is 2.91. The van der Waals surface area contributed by atoms with Crippen LogP contribution >= 0.6 is 0 Å². The molecule has 0 aliphatic heterocycles. The number of nitrogen functional groups attached to an aromatic ring is 1. The highest BCUT2D eigenvalue weighted by atomic mass is 14.5. The molecule has 3 aromatic rings. The van der Waals surface area contributed by atoms with Gasteiger partial charge in [-0.3, -0.25) is 0 Å². The fourth-order valence-corrected chi connectivity index (χ4v) is 4.27. The van der Waals surface area contributed by atoms with Crippen molar-refractivity contribution >= 4 is 16.8 Å². The maximum atomic E-state index is 6.20. The van der Waals surface area contributed by atoms with Crippen LogP contribution in [0.3, 0.4) is 0 Å². The van der Waals surface area contributed by atoms with Gasteiger partial charge in [0.25, 0.3) is 0 Å². The molecule has 1 nitrogen and oxygen atoms in total. The zero-order valence-corrected chi connectivity index (χ0v) is 17.4. The van der Waals surface area contributed by atoms with Crippen LogP contribution in [0.25, 0.3) is 11.1 Å². The van der Waals surface area contributed by atoms with E-state index < -0.39 is 0 Å². The van der Waals surface area contributed by atoms with Crippen LogP contribution in [-0.4, -0.2) is 0 Å². The van der Waals surface area contributed by atoms with Gasteiger partial charge in [-0.25, -0.2) is 0 Å². The van der Waals surface area contributed by atoms with E-state index in [1.165, 1.54) is 39.0 Å². The smallest absolute Gasteiger partial charge is 0.0320 e. The van der Waals surface area contributed by atoms with Crippen LogP contribution in [0.4, 0.5) is 5.69 Å². The van der Waals surface area contributed by atoms with Crippen molar-refractivity contribution in [1.82, 2.24) is 0 Å². The predicted molar refractivity (Wildman–Crippen MR) is 130 cm³/mol. The summed E-state index contributed by atoms with van der Waals surface area (Å²) in [4.78, 5) is 0. The van der Waals surface area contributed by atoms with E-state index in [4.69, 9.17) is 5.73 Å². The second kappa shape index (κ2) is 8.84. The standard InChI is InChI=1S/C29H27N/c1-3-4-11-22-18-19-23-12-8-9-17-27(23)28(21(22)2)29(24-13-6-5-7-14-24)25-15-10-16-26(30)20-25/h3-17,20H,1,18-19,30H2,2H3/b11-4-,29-28-. The van der Waals surface area contributed by atoms with Crippen molar-refractivity contribution in [2.75, 3.05) is 5.73 Å². The van der Waals surface area contributed by atoms with Crippen LogP contribution in [-0.2, 0) is 6.42 Å². The number of hydrogen-bond donors (Lipinski definition) is 1. The van der Waals surface area contributed by atoms with E-state index in [1.54, 1.807) is 0 Å². The molecule has 0 saturated heterocycles. The number of anilines is 1. The largest absolute Gasteiger partial charge is 0.399 e. The van der Waals surface area contributed by atoms with Crippen molar-refractivity contribution in [3.63, 3.8) is 0 Å². The Morgan fingerprint density at radius 1 is 0.867 bits per heavy atom. The third-order valence-electron chi connectivity index (χ3n) is 5.73. The number of nitrogens with two attached hydrogens (primary N) is 1. The molecule has 0 heterocycles. The van der Waals surface area contributed by atoms with Crippen LogP contribution < -0.4 is 5.73 Å². The van der Waals surface area contributed by atoms with E-state index in [0.717, 1.165) is 24.1 Å². The first-order chi connectivity index (χ1) is 14.7. The quantitative estimate of drug-likeness (QED) is 0.369. The normalized spacial score (nSPS) is 15.6. The van der Waals surface area contributed by atoms with E-state index in [1.807, 2.05) is 24.3 Å². The molecular weight excluding hydrogens is 362 g/mol. The lowest BCUT2D eigenvalue weighted by Gasteiger charge is -2.20. The van der Waals surface area contributed by atoms with Crippen LogP contribution in [0.1, 0.15) is 35.6 Å². The highest BCUT2D eigenvalue weighted by Gasteiger charge is 2.22. The van der Waals surface area contributed by atoms with E-state index in [2.05, 4.69) is 86.3 Å². The Morgan fingerprint density at radius 2 is 1.60 bits per heavy atom. The van der Waals surface area contributed by atoms with Crippen LogP contribution in [0.2, 0.25) is 0 Å². The molecule has 1 aliphatic rings. The van der Waals surface area contributed by atoms with Crippen molar-refractivity contribution in [2.24, 2.45) is 0 Å². The summed E-state index contributed by atoms with van der Waals surface area (Å²) in [5.41, 5.74) is 17.1. The van der Waals surface area contributed by atoms with Gasteiger partial charge in [-0.05, 0) is 76.4 Å². The van der Waals surface area contributed by atoms with Gasteiger partial charge in [0, 0.05) is 5.69 Å². The molecule has 0 bridgehead atoms. The van der Waals surface area contributed by atoms with Gasteiger partial charge in [-0.2, -0.15) is 0 Å². The molecule has 0 radical (unpaired) electrons. The Morgan fingerprint density at radius 3 is 2.37 bits per heavy atom. The molecule has 1 aliphatic carbocycles. The highest BCUT2D eigenvalue weighted by molar-refractivity contribution is 6.05. The fraction of sp³-hybridized carbons (Fsp3) is 0.103. The van der Waals surface area contributed by atoms with Crippen molar-refractivity contribution in [3.05, 3.63) is 137 Å². The molecule has 30 heavy (non-hydrogen) atoms. The van der Waals surface area contributed by atoms with Crippen molar-refractivity contribution < 1.29 is 0 Å². The Bertz CT molecular complexity index is 1160. The minimum atomic E-state index is 0.775. The molecule has 3 aromatic carbocycles. The second-order valence-corrected chi connectivity index (χ2v) is 7.64. The minimum Gasteiger partial charge on any atom is -0.399 e. The van der Waals surface area contributed by atoms with Crippen molar-refractivity contribution in [1.29, 1.82) is 0 Å². The first-order valence-corrected chi connectivity index (χ1v) is 10.4. The summed E-state index contributed by atoms with van der Waals surface area (Å²) < 4.78 is 0. The molecular formula is C29H27N. The lowest BCUT2D eigenvalue weighted by Crippen LogP contribution is -1.99. The molecule has 0 spiro atoms. The zero-order chi connectivity index (χ0) is 20.9. The number of fused-ring (bicyclic) bond motifs is 1. The molecule has 0 unspecified atom stereocenters. The Balaban J connectivity index is 2.13. The Hall–Kier alpha value is -3.58. The summed E-state index contributed by atoms with van der Waals surface area (Å²) in [7, 11) is 0. The summed E-state index contributed by atoms with van der Waals surface area (Å²) in [5, 5.41) is 0. The maximum absolute atomic E-state index is 6.20. The predicted octanol–water partition coefficient (Wildman–Crippen LogP) is 7.23. The van der Waals surface area contributed by atoms with E-state index in [9.17, 15) is 0 Å². The third kappa shape index (κ3) is 3.92. The molecule has 148 valence electrons. The average molecular weight is 390 g/mol. The molecule has 0 fully saturated rings.